The van der Waals surface area contributed by atoms with Crippen molar-refractivity contribution in [2.75, 3.05) is 30.0 Å². The van der Waals surface area contributed by atoms with Gasteiger partial charge in [0.05, 0.1) is 5.75 Å². The van der Waals surface area contributed by atoms with Gasteiger partial charge in [-0.25, -0.2) is 8.42 Å². The Bertz CT molecular complexity index is 571. The van der Waals surface area contributed by atoms with Gasteiger partial charge >= 0.3 is 0 Å². The third kappa shape index (κ3) is 4.45. The van der Waals surface area contributed by atoms with E-state index >= 15 is 0 Å². The molecule has 1 heterocycles. The zero-order valence-corrected chi connectivity index (χ0v) is 14.0. The molecule has 0 spiro atoms. The summed E-state index contributed by atoms with van der Waals surface area (Å²) in [4.78, 5) is 2.23. The SMILES string of the molecule is CCC(C)C1CN(CCS(C)(=O)=O)c2ccccc2CN1. The fourth-order valence-electron chi connectivity index (χ4n) is 2.76. The van der Waals surface area contributed by atoms with Crippen molar-refractivity contribution in [1.29, 1.82) is 0 Å². The lowest BCUT2D eigenvalue weighted by Gasteiger charge is -2.30. The van der Waals surface area contributed by atoms with E-state index in [4.69, 9.17) is 0 Å². The van der Waals surface area contributed by atoms with Crippen LogP contribution >= 0.6 is 0 Å². The number of benzene rings is 1. The number of fused-ring (bicyclic) bond motifs is 1. The first-order chi connectivity index (χ1) is 9.90. The lowest BCUT2D eigenvalue weighted by molar-refractivity contribution is 0.372. The number of nitrogens with zero attached hydrogens (tertiary/aromatic N) is 1. The quantitative estimate of drug-likeness (QED) is 0.904. The van der Waals surface area contributed by atoms with E-state index in [2.05, 4.69) is 36.2 Å². The highest BCUT2D eigenvalue weighted by atomic mass is 32.2. The first-order valence-electron chi connectivity index (χ1n) is 7.64. The summed E-state index contributed by atoms with van der Waals surface area (Å²) in [5.41, 5.74) is 2.41. The topological polar surface area (TPSA) is 49.4 Å². The van der Waals surface area contributed by atoms with Gasteiger partial charge in [0.2, 0.25) is 0 Å². The Morgan fingerprint density at radius 1 is 1.38 bits per heavy atom. The first kappa shape index (κ1) is 16.3. The molecule has 1 N–H and O–H groups in total. The number of hydrogen-bond donors (Lipinski definition) is 1. The monoisotopic (exact) mass is 310 g/mol. The summed E-state index contributed by atoms with van der Waals surface area (Å²) in [7, 11) is -2.94. The van der Waals surface area contributed by atoms with E-state index in [0.717, 1.165) is 19.5 Å². The van der Waals surface area contributed by atoms with Crippen LogP contribution in [0.4, 0.5) is 5.69 Å². The van der Waals surface area contributed by atoms with Gasteiger partial charge in [0.15, 0.2) is 0 Å². The molecule has 5 heteroatoms. The van der Waals surface area contributed by atoms with E-state index in [1.165, 1.54) is 17.5 Å². The highest BCUT2D eigenvalue weighted by Gasteiger charge is 2.24. The molecule has 0 aliphatic carbocycles. The number of anilines is 1. The Balaban J connectivity index is 2.23. The molecule has 0 saturated heterocycles. The summed E-state index contributed by atoms with van der Waals surface area (Å²) in [5.74, 6) is 0.772. The van der Waals surface area contributed by atoms with Crippen molar-refractivity contribution in [3.63, 3.8) is 0 Å². The third-order valence-corrected chi connectivity index (χ3v) is 5.29. The molecule has 0 aromatic heterocycles. The minimum atomic E-state index is -2.94. The van der Waals surface area contributed by atoms with Crippen molar-refractivity contribution >= 4 is 15.5 Å². The van der Waals surface area contributed by atoms with Gasteiger partial charge in [0.1, 0.15) is 9.84 Å². The zero-order valence-electron chi connectivity index (χ0n) is 13.2. The smallest absolute Gasteiger partial charge is 0.149 e. The van der Waals surface area contributed by atoms with E-state index < -0.39 is 9.84 Å². The second-order valence-electron chi connectivity index (χ2n) is 6.08. The molecular formula is C16H26N2O2S. The summed E-state index contributed by atoms with van der Waals surface area (Å²) < 4.78 is 23.0. The van der Waals surface area contributed by atoms with Crippen LogP contribution in [0.5, 0.6) is 0 Å². The maximum Gasteiger partial charge on any atom is 0.149 e. The summed E-state index contributed by atoms with van der Waals surface area (Å²) in [5, 5.41) is 3.62. The number of hydrogen-bond acceptors (Lipinski definition) is 4. The Kier molecular flexibility index (Phi) is 5.27. The summed E-state index contributed by atoms with van der Waals surface area (Å²) in [6.07, 6.45) is 2.43. The van der Waals surface area contributed by atoms with Crippen molar-refractivity contribution in [3.8, 4) is 0 Å². The average Bonchev–Trinajstić information content (AvgIpc) is 2.63. The highest BCUT2D eigenvalue weighted by molar-refractivity contribution is 7.90. The van der Waals surface area contributed by atoms with Crippen LogP contribution < -0.4 is 10.2 Å². The van der Waals surface area contributed by atoms with Gasteiger partial charge in [-0.1, -0.05) is 38.5 Å². The molecule has 1 aliphatic heterocycles. The minimum absolute atomic E-state index is 0.203. The van der Waals surface area contributed by atoms with E-state index in [1.807, 2.05) is 12.1 Å². The second-order valence-corrected chi connectivity index (χ2v) is 8.34. The molecule has 4 nitrogen and oxygen atoms in total. The Morgan fingerprint density at radius 2 is 2.10 bits per heavy atom. The normalized spacial score (nSPS) is 20.7. The van der Waals surface area contributed by atoms with Crippen LogP contribution in [0, 0.1) is 5.92 Å². The molecule has 0 fully saturated rings. The Hall–Kier alpha value is -1.07. The van der Waals surface area contributed by atoms with Crippen LogP contribution in [0.3, 0.4) is 0 Å². The highest BCUT2D eigenvalue weighted by Crippen LogP contribution is 2.25. The molecule has 0 saturated carbocycles. The summed E-state index contributed by atoms with van der Waals surface area (Å²) in [6.45, 7) is 6.72. The average molecular weight is 310 g/mol. The largest absolute Gasteiger partial charge is 0.369 e. The van der Waals surface area contributed by atoms with Gasteiger partial charge in [-0.2, -0.15) is 0 Å². The second kappa shape index (κ2) is 6.79. The molecule has 1 aliphatic rings. The first-order valence-corrected chi connectivity index (χ1v) is 9.70. The van der Waals surface area contributed by atoms with Crippen molar-refractivity contribution in [2.24, 2.45) is 5.92 Å². The predicted molar refractivity (Wildman–Crippen MR) is 88.4 cm³/mol. The van der Waals surface area contributed by atoms with Gasteiger partial charge < -0.3 is 10.2 Å². The fourth-order valence-corrected chi connectivity index (χ4v) is 3.32. The molecule has 2 rings (SSSR count). The molecule has 2 unspecified atom stereocenters. The Labute approximate surface area is 128 Å². The molecular weight excluding hydrogens is 284 g/mol. The number of rotatable bonds is 5. The van der Waals surface area contributed by atoms with Gasteiger partial charge in [-0.15, -0.1) is 0 Å². The molecule has 0 radical (unpaired) electrons. The lowest BCUT2D eigenvalue weighted by atomic mass is 9.99. The van der Waals surface area contributed by atoms with E-state index in [1.54, 1.807) is 0 Å². The van der Waals surface area contributed by atoms with Crippen molar-refractivity contribution in [1.82, 2.24) is 5.32 Å². The number of sulfone groups is 1. The van der Waals surface area contributed by atoms with Gasteiger partial charge in [0, 0.05) is 37.6 Å². The molecule has 21 heavy (non-hydrogen) atoms. The lowest BCUT2D eigenvalue weighted by Crippen LogP contribution is -2.43. The van der Waals surface area contributed by atoms with Crippen LogP contribution in [0.2, 0.25) is 0 Å². The van der Waals surface area contributed by atoms with E-state index in [0.29, 0.717) is 18.5 Å². The summed E-state index contributed by atoms with van der Waals surface area (Å²) in [6, 6.07) is 8.67. The zero-order chi connectivity index (χ0) is 15.5. The van der Waals surface area contributed by atoms with Crippen LogP contribution in [0.1, 0.15) is 25.8 Å². The molecule has 1 aromatic rings. The van der Waals surface area contributed by atoms with Crippen molar-refractivity contribution in [2.45, 2.75) is 32.9 Å². The number of para-hydroxylation sites is 1. The van der Waals surface area contributed by atoms with Gasteiger partial charge in [-0.05, 0) is 17.5 Å². The molecule has 118 valence electrons. The molecule has 2 atom stereocenters. The van der Waals surface area contributed by atoms with Crippen LogP contribution in [0.25, 0.3) is 0 Å². The van der Waals surface area contributed by atoms with E-state index in [9.17, 15) is 8.42 Å². The van der Waals surface area contributed by atoms with Crippen LogP contribution in [0.15, 0.2) is 24.3 Å². The van der Waals surface area contributed by atoms with Crippen molar-refractivity contribution in [3.05, 3.63) is 29.8 Å². The van der Waals surface area contributed by atoms with E-state index in [-0.39, 0.29) is 5.75 Å². The maximum atomic E-state index is 11.5. The van der Waals surface area contributed by atoms with Crippen LogP contribution in [-0.2, 0) is 16.4 Å². The van der Waals surface area contributed by atoms with Gasteiger partial charge in [-0.3, -0.25) is 0 Å². The number of nitrogens with one attached hydrogen (secondary N) is 1. The Morgan fingerprint density at radius 3 is 2.76 bits per heavy atom. The minimum Gasteiger partial charge on any atom is -0.369 e. The predicted octanol–water partition coefficient (Wildman–Crippen LogP) is 2.06. The standard InChI is InChI=1S/C16H26N2O2S/c1-4-13(2)15-12-18(9-10-21(3,19)20)16-8-6-5-7-14(16)11-17-15/h5-8,13,15,17H,4,9-12H2,1-3H3. The molecule has 0 bridgehead atoms. The fraction of sp³-hybridized carbons (Fsp3) is 0.625. The van der Waals surface area contributed by atoms with Gasteiger partial charge in [0.25, 0.3) is 0 Å². The third-order valence-electron chi connectivity index (χ3n) is 4.37. The van der Waals surface area contributed by atoms with Crippen LogP contribution in [-0.4, -0.2) is 39.6 Å². The molecule has 1 aromatic carbocycles. The maximum absolute atomic E-state index is 11.5. The summed E-state index contributed by atoms with van der Waals surface area (Å²) >= 11 is 0. The van der Waals surface area contributed by atoms with Crippen molar-refractivity contribution < 1.29 is 8.42 Å². The molecule has 0 amide bonds.